The maximum absolute atomic E-state index is 5.92. The molecule has 1 aliphatic heterocycles. The van der Waals surface area contributed by atoms with Gasteiger partial charge in [-0.15, -0.1) is 0 Å². The van der Waals surface area contributed by atoms with Crippen LogP contribution in [0.3, 0.4) is 0 Å². The third kappa shape index (κ3) is 3.15. The predicted octanol–water partition coefficient (Wildman–Crippen LogP) is 1.75. The third-order valence-electron chi connectivity index (χ3n) is 2.80. The molecule has 4 nitrogen and oxygen atoms in total. The summed E-state index contributed by atoms with van der Waals surface area (Å²) in [6.07, 6.45) is 0.920. The van der Waals surface area contributed by atoms with E-state index in [1.807, 2.05) is 12.1 Å². The Balaban J connectivity index is 1.93. The summed E-state index contributed by atoms with van der Waals surface area (Å²) in [5.74, 6) is 1.68. The van der Waals surface area contributed by atoms with Crippen molar-refractivity contribution in [1.82, 2.24) is 0 Å². The predicted molar refractivity (Wildman–Crippen MR) is 70.2 cm³/mol. The molecule has 18 heavy (non-hydrogen) atoms. The van der Waals surface area contributed by atoms with E-state index in [1.165, 1.54) is 5.56 Å². The normalized spacial score (nSPS) is 16.2. The molecule has 0 atom stereocenters. The van der Waals surface area contributed by atoms with Gasteiger partial charge in [0.05, 0.1) is 13.2 Å². The van der Waals surface area contributed by atoms with E-state index in [-0.39, 0.29) is 5.60 Å². The lowest BCUT2D eigenvalue weighted by atomic mass is 10.0. The van der Waals surface area contributed by atoms with Gasteiger partial charge in [-0.3, -0.25) is 0 Å². The van der Waals surface area contributed by atoms with Crippen LogP contribution in [0, 0.1) is 0 Å². The highest BCUT2D eigenvalue weighted by Gasteiger charge is 2.32. The Morgan fingerprint density at radius 1 is 1.28 bits per heavy atom. The minimum absolute atomic E-state index is 0.141. The van der Waals surface area contributed by atoms with E-state index in [9.17, 15) is 0 Å². The Hall–Kier alpha value is -1.26. The lowest BCUT2D eigenvalue weighted by molar-refractivity contribution is 0.0991. The lowest BCUT2D eigenvalue weighted by Gasteiger charge is -2.18. The molecule has 0 aliphatic carbocycles. The van der Waals surface area contributed by atoms with Crippen LogP contribution in [-0.4, -0.2) is 32.0 Å². The van der Waals surface area contributed by atoms with Crippen LogP contribution >= 0.6 is 0 Å². The van der Waals surface area contributed by atoms with Crippen LogP contribution in [0.1, 0.15) is 19.4 Å². The first-order valence-corrected chi connectivity index (χ1v) is 6.34. The van der Waals surface area contributed by atoms with E-state index in [1.54, 1.807) is 0 Å². The second-order valence-electron chi connectivity index (χ2n) is 5.03. The first-order chi connectivity index (χ1) is 8.62. The average Bonchev–Trinajstić information content (AvgIpc) is 2.63. The topological polar surface area (TPSA) is 53.7 Å². The molecule has 0 saturated heterocycles. The Kier molecular flexibility index (Phi) is 4.09. The minimum Gasteiger partial charge on any atom is -0.487 e. The molecule has 2 rings (SSSR count). The molecule has 1 aliphatic rings. The number of rotatable bonds is 6. The van der Waals surface area contributed by atoms with Crippen LogP contribution in [0.25, 0.3) is 0 Å². The highest BCUT2D eigenvalue weighted by atomic mass is 16.5. The van der Waals surface area contributed by atoms with Crippen molar-refractivity contribution in [1.29, 1.82) is 0 Å². The summed E-state index contributed by atoms with van der Waals surface area (Å²) in [7, 11) is 0. The molecular weight excluding hydrogens is 230 g/mol. The third-order valence-corrected chi connectivity index (χ3v) is 2.80. The summed E-state index contributed by atoms with van der Waals surface area (Å²) >= 11 is 0. The van der Waals surface area contributed by atoms with Crippen molar-refractivity contribution in [3.05, 3.63) is 23.8 Å². The monoisotopic (exact) mass is 251 g/mol. The molecule has 0 amide bonds. The Morgan fingerprint density at radius 2 is 2.11 bits per heavy atom. The van der Waals surface area contributed by atoms with E-state index < -0.39 is 0 Å². The van der Waals surface area contributed by atoms with Crippen molar-refractivity contribution in [3.8, 4) is 11.5 Å². The highest BCUT2D eigenvalue weighted by Crippen LogP contribution is 2.41. The summed E-state index contributed by atoms with van der Waals surface area (Å²) < 4.78 is 16.9. The molecule has 0 fully saturated rings. The van der Waals surface area contributed by atoms with E-state index >= 15 is 0 Å². The van der Waals surface area contributed by atoms with Gasteiger partial charge in [0.1, 0.15) is 12.2 Å². The molecule has 4 heteroatoms. The Morgan fingerprint density at radius 3 is 2.89 bits per heavy atom. The summed E-state index contributed by atoms with van der Waals surface area (Å²) in [6, 6.07) is 6.02. The maximum Gasteiger partial charge on any atom is 0.165 e. The van der Waals surface area contributed by atoms with Gasteiger partial charge in [0, 0.05) is 18.5 Å². The molecule has 0 spiro atoms. The van der Waals surface area contributed by atoms with Crippen LogP contribution in [0.2, 0.25) is 0 Å². The molecule has 1 aromatic carbocycles. The zero-order valence-corrected chi connectivity index (χ0v) is 11.1. The first kappa shape index (κ1) is 13.2. The largest absolute Gasteiger partial charge is 0.487 e. The maximum atomic E-state index is 5.92. The smallest absolute Gasteiger partial charge is 0.165 e. The summed E-state index contributed by atoms with van der Waals surface area (Å²) in [4.78, 5) is 0. The second-order valence-corrected chi connectivity index (χ2v) is 5.03. The second kappa shape index (κ2) is 5.59. The van der Waals surface area contributed by atoms with Crippen molar-refractivity contribution in [2.24, 2.45) is 5.73 Å². The summed E-state index contributed by atoms with van der Waals surface area (Å²) in [5, 5.41) is 0. The van der Waals surface area contributed by atoms with Gasteiger partial charge in [-0.25, -0.2) is 0 Å². The molecule has 0 bridgehead atoms. The number of hydrogen-bond donors (Lipinski definition) is 1. The van der Waals surface area contributed by atoms with E-state index in [0.717, 1.165) is 17.9 Å². The van der Waals surface area contributed by atoms with Crippen LogP contribution < -0.4 is 15.2 Å². The molecule has 0 saturated carbocycles. The summed E-state index contributed by atoms with van der Waals surface area (Å²) in [6.45, 7) is 6.34. The first-order valence-electron chi connectivity index (χ1n) is 6.34. The zero-order chi connectivity index (χ0) is 13.0. The minimum atomic E-state index is -0.141. The van der Waals surface area contributed by atoms with Gasteiger partial charge in [-0.05, 0) is 19.9 Å². The molecule has 1 aromatic rings. The van der Waals surface area contributed by atoms with Gasteiger partial charge in [-0.1, -0.05) is 12.1 Å². The fourth-order valence-corrected chi connectivity index (χ4v) is 2.10. The standard InChI is InChI=1S/C14H21NO3/c1-14(2)10-11-4-3-5-12(13(11)18-14)17-9-8-16-7-6-15/h3-5H,6-10,15H2,1-2H3. The number of fused-ring (bicyclic) bond motifs is 1. The van der Waals surface area contributed by atoms with Crippen molar-refractivity contribution in [2.45, 2.75) is 25.9 Å². The van der Waals surface area contributed by atoms with Gasteiger partial charge in [-0.2, -0.15) is 0 Å². The quantitative estimate of drug-likeness (QED) is 0.783. The van der Waals surface area contributed by atoms with Crippen molar-refractivity contribution in [2.75, 3.05) is 26.4 Å². The average molecular weight is 251 g/mol. The Bertz CT molecular complexity index is 404. The van der Waals surface area contributed by atoms with E-state index in [4.69, 9.17) is 19.9 Å². The molecule has 0 aromatic heterocycles. The van der Waals surface area contributed by atoms with Crippen molar-refractivity contribution >= 4 is 0 Å². The number of para-hydroxylation sites is 1. The van der Waals surface area contributed by atoms with E-state index in [0.29, 0.717) is 26.4 Å². The van der Waals surface area contributed by atoms with Crippen molar-refractivity contribution in [3.63, 3.8) is 0 Å². The van der Waals surface area contributed by atoms with Gasteiger partial charge >= 0.3 is 0 Å². The number of benzene rings is 1. The van der Waals surface area contributed by atoms with Crippen LogP contribution in [0.4, 0.5) is 0 Å². The molecular formula is C14H21NO3. The molecule has 0 radical (unpaired) electrons. The fraction of sp³-hybridized carbons (Fsp3) is 0.571. The molecule has 2 N–H and O–H groups in total. The fourth-order valence-electron chi connectivity index (χ4n) is 2.10. The molecule has 100 valence electrons. The number of ether oxygens (including phenoxy) is 3. The van der Waals surface area contributed by atoms with Gasteiger partial charge in [0.2, 0.25) is 0 Å². The highest BCUT2D eigenvalue weighted by molar-refractivity contribution is 5.50. The Labute approximate surface area is 108 Å². The number of nitrogens with two attached hydrogens (primary N) is 1. The molecule has 1 heterocycles. The lowest BCUT2D eigenvalue weighted by Crippen LogP contribution is -2.24. The summed E-state index contributed by atoms with van der Waals surface area (Å²) in [5.41, 5.74) is 6.41. The van der Waals surface area contributed by atoms with Crippen molar-refractivity contribution < 1.29 is 14.2 Å². The van der Waals surface area contributed by atoms with E-state index in [2.05, 4.69) is 19.9 Å². The van der Waals surface area contributed by atoms with Crippen LogP contribution in [-0.2, 0) is 11.2 Å². The van der Waals surface area contributed by atoms with Crippen LogP contribution in [0.5, 0.6) is 11.5 Å². The van der Waals surface area contributed by atoms with Crippen LogP contribution in [0.15, 0.2) is 18.2 Å². The zero-order valence-electron chi connectivity index (χ0n) is 11.1. The van der Waals surface area contributed by atoms with Gasteiger partial charge in [0.15, 0.2) is 11.5 Å². The molecule has 0 unspecified atom stereocenters. The van der Waals surface area contributed by atoms with Gasteiger partial charge in [0.25, 0.3) is 0 Å². The SMILES string of the molecule is CC1(C)Cc2cccc(OCCOCCN)c2O1. The van der Waals surface area contributed by atoms with Gasteiger partial charge < -0.3 is 19.9 Å². The number of hydrogen-bond acceptors (Lipinski definition) is 4.